The van der Waals surface area contributed by atoms with Gasteiger partial charge in [-0.25, -0.2) is 0 Å². The van der Waals surface area contributed by atoms with E-state index in [0.717, 1.165) is 6.42 Å². The van der Waals surface area contributed by atoms with E-state index < -0.39 is 0 Å². The highest BCUT2D eigenvalue weighted by molar-refractivity contribution is 5.17. The van der Waals surface area contributed by atoms with Crippen LogP contribution in [0.2, 0.25) is 0 Å². The van der Waals surface area contributed by atoms with Crippen molar-refractivity contribution in [2.24, 2.45) is 5.41 Å². The fourth-order valence-corrected chi connectivity index (χ4v) is 2.76. The van der Waals surface area contributed by atoms with Crippen LogP contribution in [0, 0.1) is 5.41 Å². The van der Waals surface area contributed by atoms with Gasteiger partial charge in [0, 0.05) is 19.1 Å². The molecule has 16 heavy (non-hydrogen) atoms. The van der Waals surface area contributed by atoms with Gasteiger partial charge in [0.2, 0.25) is 0 Å². The highest BCUT2D eigenvalue weighted by Crippen LogP contribution is 2.53. The van der Waals surface area contributed by atoms with Crippen LogP contribution in [-0.2, 0) is 6.42 Å². The molecule has 1 aromatic rings. The summed E-state index contributed by atoms with van der Waals surface area (Å²) in [6.45, 7) is 2.71. The summed E-state index contributed by atoms with van der Waals surface area (Å²) in [6, 6.07) is 10.8. The lowest BCUT2D eigenvalue weighted by Crippen LogP contribution is -2.55. The molecule has 1 aromatic carbocycles. The maximum absolute atomic E-state index is 9.47. The second kappa shape index (κ2) is 3.86. The van der Waals surface area contributed by atoms with Crippen LogP contribution in [0.1, 0.15) is 18.4 Å². The van der Waals surface area contributed by atoms with Gasteiger partial charge in [0.25, 0.3) is 0 Å². The van der Waals surface area contributed by atoms with E-state index >= 15 is 0 Å². The Hall–Kier alpha value is -0.860. The van der Waals surface area contributed by atoms with Crippen molar-refractivity contribution in [1.29, 1.82) is 0 Å². The Morgan fingerprint density at radius 3 is 2.44 bits per heavy atom. The smallest absolute Gasteiger partial charge is 0.0590 e. The number of nitrogens with zero attached hydrogens (tertiary/aromatic N) is 1. The fourth-order valence-electron chi connectivity index (χ4n) is 2.76. The Morgan fingerprint density at radius 2 is 1.88 bits per heavy atom. The zero-order chi connectivity index (χ0) is 11.0. The van der Waals surface area contributed by atoms with Gasteiger partial charge in [0.15, 0.2) is 0 Å². The van der Waals surface area contributed by atoms with E-state index in [0.29, 0.717) is 11.5 Å². The third-order valence-corrected chi connectivity index (χ3v) is 4.08. The van der Waals surface area contributed by atoms with Gasteiger partial charge in [-0.1, -0.05) is 30.3 Å². The Labute approximate surface area is 96.9 Å². The quantitative estimate of drug-likeness (QED) is 0.829. The minimum Gasteiger partial charge on any atom is -0.395 e. The molecule has 1 spiro atoms. The molecule has 1 atom stereocenters. The highest BCUT2D eigenvalue weighted by Gasteiger charge is 2.53. The second-order valence-corrected chi connectivity index (χ2v) is 5.43. The van der Waals surface area contributed by atoms with Gasteiger partial charge < -0.3 is 5.11 Å². The van der Waals surface area contributed by atoms with Gasteiger partial charge in [-0.15, -0.1) is 0 Å². The molecule has 1 aliphatic heterocycles. The van der Waals surface area contributed by atoms with Crippen molar-refractivity contribution in [2.75, 3.05) is 19.7 Å². The predicted octanol–water partition coefficient (Wildman–Crippen LogP) is 1.69. The molecule has 0 amide bonds. The standard InChI is InChI=1S/C14H19NO/c16-9-13(8-12-4-2-1-3-5-12)15-10-14(11-15)6-7-14/h1-5,13,16H,6-11H2/t13-/m1/s1. The molecule has 86 valence electrons. The molecule has 1 aliphatic carbocycles. The number of hydrogen-bond acceptors (Lipinski definition) is 2. The minimum absolute atomic E-state index is 0.283. The second-order valence-electron chi connectivity index (χ2n) is 5.43. The summed E-state index contributed by atoms with van der Waals surface area (Å²) in [5.41, 5.74) is 2.02. The molecule has 2 heteroatoms. The lowest BCUT2D eigenvalue weighted by atomic mass is 9.92. The highest BCUT2D eigenvalue weighted by atomic mass is 16.3. The van der Waals surface area contributed by atoms with Crippen LogP contribution in [0.3, 0.4) is 0 Å². The van der Waals surface area contributed by atoms with Crippen LogP contribution < -0.4 is 0 Å². The van der Waals surface area contributed by atoms with E-state index in [9.17, 15) is 5.11 Å². The van der Waals surface area contributed by atoms with E-state index in [4.69, 9.17) is 0 Å². The lowest BCUT2D eigenvalue weighted by molar-refractivity contribution is 0.0110. The SMILES string of the molecule is OC[C@@H](Cc1ccccc1)N1CC2(CC2)C1. The summed E-state index contributed by atoms with van der Waals surface area (Å²) in [6.07, 6.45) is 3.80. The van der Waals surface area contributed by atoms with Crippen LogP contribution in [0.25, 0.3) is 0 Å². The zero-order valence-electron chi connectivity index (χ0n) is 9.60. The molecular weight excluding hydrogens is 198 g/mol. The number of hydrogen-bond donors (Lipinski definition) is 1. The van der Waals surface area contributed by atoms with Crippen LogP contribution in [0.15, 0.2) is 30.3 Å². The van der Waals surface area contributed by atoms with Gasteiger partial charge in [-0.3, -0.25) is 4.90 Å². The van der Waals surface area contributed by atoms with E-state index in [2.05, 4.69) is 29.2 Å². The topological polar surface area (TPSA) is 23.5 Å². The molecule has 1 saturated heterocycles. The molecule has 2 nitrogen and oxygen atoms in total. The molecule has 1 N–H and O–H groups in total. The van der Waals surface area contributed by atoms with Gasteiger partial charge in [-0.05, 0) is 30.2 Å². The van der Waals surface area contributed by atoms with Crippen molar-refractivity contribution in [2.45, 2.75) is 25.3 Å². The molecule has 2 fully saturated rings. The normalized spacial score (nSPS) is 24.1. The summed E-state index contributed by atoms with van der Waals surface area (Å²) < 4.78 is 0. The number of rotatable bonds is 4. The Balaban J connectivity index is 1.59. The van der Waals surface area contributed by atoms with Crippen molar-refractivity contribution >= 4 is 0 Å². The first-order valence-corrected chi connectivity index (χ1v) is 6.20. The Kier molecular flexibility index (Phi) is 2.49. The largest absolute Gasteiger partial charge is 0.395 e. The molecule has 0 unspecified atom stereocenters. The first kappa shape index (κ1) is 10.3. The maximum Gasteiger partial charge on any atom is 0.0590 e. The monoisotopic (exact) mass is 217 g/mol. The number of aliphatic hydroxyl groups is 1. The number of aliphatic hydroxyl groups excluding tert-OH is 1. The van der Waals surface area contributed by atoms with Crippen molar-refractivity contribution in [1.82, 2.24) is 4.90 Å². The third kappa shape index (κ3) is 1.87. The Morgan fingerprint density at radius 1 is 1.19 bits per heavy atom. The summed E-state index contributed by atoms with van der Waals surface area (Å²) >= 11 is 0. The average Bonchev–Trinajstić information content (AvgIpc) is 3.06. The molecule has 1 heterocycles. The predicted molar refractivity (Wildman–Crippen MR) is 64.3 cm³/mol. The molecule has 0 aromatic heterocycles. The maximum atomic E-state index is 9.47. The van der Waals surface area contributed by atoms with E-state index in [-0.39, 0.29) is 6.61 Å². The van der Waals surface area contributed by atoms with Gasteiger partial charge in [-0.2, -0.15) is 0 Å². The molecule has 0 radical (unpaired) electrons. The van der Waals surface area contributed by atoms with Crippen LogP contribution in [0.4, 0.5) is 0 Å². The minimum atomic E-state index is 0.283. The van der Waals surface area contributed by atoms with E-state index in [1.165, 1.54) is 31.5 Å². The zero-order valence-corrected chi connectivity index (χ0v) is 9.60. The van der Waals surface area contributed by atoms with E-state index in [1.807, 2.05) is 6.07 Å². The average molecular weight is 217 g/mol. The van der Waals surface area contributed by atoms with Gasteiger partial charge in [0.1, 0.15) is 0 Å². The molecule has 0 bridgehead atoms. The van der Waals surface area contributed by atoms with Gasteiger partial charge in [0.05, 0.1) is 6.61 Å². The molecular formula is C14H19NO. The summed E-state index contributed by atoms with van der Waals surface area (Å²) in [5, 5.41) is 9.47. The summed E-state index contributed by atoms with van der Waals surface area (Å²) in [4.78, 5) is 2.44. The molecule has 1 saturated carbocycles. The van der Waals surface area contributed by atoms with Crippen molar-refractivity contribution < 1.29 is 5.11 Å². The van der Waals surface area contributed by atoms with Crippen molar-refractivity contribution in [3.05, 3.63) is 35.9 Å². The first-order valence-electron chi connectivity index (χ1n) is 6.20. The summed E-state index contributed by atoms with van der Waals surface area (Å²) in [7, 11) is 0. The van der Waals surface area contributed by atoms with Crippen molar-refractivity contribution in [3.8, 4) is 0 Å². The van der Waals surface area contributed by atoms with E-state index in [1.54, 1.807) is 0 Å². The molecule has 2 aliphatic rings. The third-order valence-electron chi connectivity index (χ3n) is 4.08. The van der Waals surface area contributed by atoms with Gasteiger partial charge >= 0.3 is 0 Å². The van der Waals surface area contributed by atoms with Crippen molar-refractivity contribution in [3.63, 3.8) is 0 Å². The van der Waals surface area contributed by atoms with Crippen LogP contribution in [0.5, 0.6) is 0 Å². The summed E-state index contributed by atoms with van der Waals surface area (Å²) in [5.74, 6) is 0. The molecule has 3 rings (SSSR count). The number of benzene rings is 1. The first-order chi connectivity index (χ1) is 7.81. The fraction of sp³-hybridized carbons (Fsp3) is 0.571. The van der Waals surface area contributed by atoms with Crippen LogP contribution >= 0.6 is 0 Å². The number of likely N-dealkylation sites (tertiary alicyclic amines) is 1. The lowest BCUT2D eigenvalue weighted by Gasteiger charge is -2.44. The Bertz CT molecular complexity index is 350. The van der Waals surface area contributed by atoms with Crippen LogP contribution in [-0.4, -0.2) is 35.7 Å².